The van der Waals surface area contributed by atoms with Crippen molar-refractivity contribution >= 4 is 11.6 Å². The van der Waals surface area contributed by atoms with Crippen molar-refractivity contribution in [3.8, 4) is 0 Å². The zero-order chi connectivity index (χ0) is 12.5. The van der Waals surface area contributed by atoms with Crippen LogP contribution in [0.25, 0.3) is 0 Å². The predicted octanol–water partition coefficient (Wildman–Crippen LogP) is 3.81. The zero-order valence-electron chi connectivity index (χ0n) is 9.85. The third-order valence-corrected chi connectivity index (χ3v) is 4.19. The van der Waals surface area contributed by atoms with Gasteiger partial charge in [-0.25, -0.2) is 0 Å². The molecule has 5 heteroatoms. The van der Waals surface area contributed by atoms with E-state index < -0.39 is 12.6 Å². The minimum absolute atomic E-state index is 0.114. The van der Waals surface area contributed by atoms with Gasteiger partial charge in [0.05, 0.1) is 0 Å². The van der Waals surface area contributed by atoms with E-state index in [-0.39, 0.29) is 11.3 Å². The normalized spacial score (nSPS) is 33.2. The number of halogens is 4. The van der Waals surface area contributed by atoms with Crippen LogP contribution in [0.3, 0.4) is 0 Å². The van der Waals surface area contributed by atoms with Gasteiger partial charge in [0, 0.05) is 30.9 Å². The molecule has 0 radical (unpaired) electrons. The lowest BCUT2D eigenvalue weighted by Gasteiger charge is -2.39. The highest BCUT2D eigenvalue weighted by atomic mass is 35.5. The number of hydrogen-bond acceptors (Lipinski definition) is 1. The van der Waals surface area contributed by atoms with Crippen LogP contribution in [0.5, 0.6) is 0 Å². The smallest absolute Gasteiger partial charge is 0.299 e. The Morgan fingerprint density at radius 2 is 1.76 bits per heavy atom. The highest BCUT2D eigenvalue weighted by molar-refractivity contribution is 6.20. The summed E-state index contributed by atoms with van der Waals surface area (Å²) in [5.41, 5.74) is 0. The number of likely N-dealkylation sites (tertiary alicyclic amines) is 1. The lowest BCUT2D eigenvalue weighted by molar-refractivity contribution is -0.148. The molecule has 0 aromatic rings. The Labute approximate surface area is 105 Å². The molecule has 0 spiro atoms. The highest BCUT2D eigenvalue weighted by Gasteiger charge is 2.38. The maximum Gasteiger partial charge on any atom is 0.389 e. The van der Waals surface area contributed by atoms with Crippen LogP contribution in [-0.2, 0) is 0 Å². The quantitative estimate of drug-likeness (QED) is 0.689. The first-order valence-corrected chi connectivity index (χ1v) is 6.82. The lowest BCUT2D eigenvalue weighted by atomic mass is 9.93. The first-order valence-electron chi connectivity index (χ1n) is 6.39. The SMILES string of the molecule is FC(F)(F)CC1CC(Cl)CN(C2CCCC2)C1. The van der Waals surface area contributed by atoms with Crippen molar-refractivity contribution in [3.63, 3.8) is 0 Å². The van der Waals surface area contributed by atoms with E-state index in [4.69, 9.17) is 11.6 Å². The first kappa shape index (κ1) is 13.5. The van der Waals surface area contributed by atoms with Crippen molar-refractivity contribution < 1.29 is 13.2 Å². The van der Waals surface area contributed by atoms with E-state index in [2.05, 4.69) is 4.90 Å². The second-order valence-electron chi connectivity index (χ2n) is 5.41. The summed E-state index contributed by atoms with van der Waals surface area (Å²) in [6.07, 6.45) is 0.435. The molecule has 100 valence electrons. The molecule has 2 atom stereocenters. The van der Waals surface area contributed by atoms with Crippen molar-refractivity contribution in [1.29, 1.82) is 0 Å². The van der Waals surface area contributed by atoms with Gasteiger partial charge in [0.2, 0.25) is 0 Å². The second kappa shape index (κ2) is 5.35. The van der Waals surface area contributed by atoms with Crippen LogP contribution >= 0.6 is 11.6 Å². The van der Waals surface area contributed by atoms with Crippen molar-refractivity contribution in [1.82, 2.24) is 4.90 Å². The first-order chi connectivity index (χ1) is 7.94. The van der Waals surface area contributed by atoms with Gasteiger partial charge in [-0.05, 0) is 25.2 Å². The van der Waals surface area contributed by atoms with Crippen molar-refractivity contribution in [2.75, 3.05) is 13.1 Å². The molecule has 1 aliphatic carbocycles. The van der Waals surface area contributed by atoms with Crippen LogP contribution in [0.1, 0.15) is 38.5 Å². The van der Waals surface area contributed by atoms with Gasteiger partial charge in [-0.2, -0.15) is 13.2 Å². The van der Waals surface area contributed by atoms with Crippen molar-refractivity contribution in [2.45, 2.75) is 56.1 Å². The van der Waals surface area contributed by atoms with E-state index >= 15 is 0 Å². The summed E-state index contributed by atoms with van der Waals surface area (Å²) in [5.74, 6) is -0.313. The molecule has 0 aromatic carbocycles. The van der Waals surface area contributed by atoms with Gasteiger partial charge in [0.25, 0.3) is 0 Å². The van der Waals surface area contributed by atoms with E-state index in [0.717, 1.165) is 19.4 Å². The third-order valence-electron chi connectivity index (χ3n) is 3.88. The molecule has 2 rings (SSSR count). The minimum Gasteiger partial charge on any atom is -0.299 e. The fourth-order valence-electron chi connectivity index (χ4n) is 3.21. The van der Waals surface area contributed by atoms with Gasteiger partial charge in [-0.3, -0.25) is 4.90 Å². The number of hydrogen-bond donors (Lipinski definition) is 0. The Bertz CT molecular complexity index is 251. The lowest BCUT2D eigenvalue weighted by Crippen LogP contribution is -2.46. The fourth-order valence-corrected chi connectivity index (χ4v) is 3.64. The second-order valence-corrected chi connectivity index (χ2v) is 6.03. The van der Waals surface area contributed by atoms with Gasteiger partial charge >= 0.3 is 6.18 Å². The minimum atomic E-state index is -4.06. The summed E-state index contributed by atoms with van der Waals surface area (Å²) in [5, 5.41) is -0.114. The number of piperidine rings is 1. The summed E-state index contributed by atoms with van der Waals surface area (Å²) < 4.78 is 37.2. The van der Waals surface area contributed by atoms with E-state index in [0.29, 0.717) is 19.0 Å². The van der Waals surface area contributed by atoms with Crippen molar-refractivity contribution in [2.24, 2.45) is 5.92 Å². The van der Waals surface area contributed by atoms with Crippen LogP contribution in [0.4, 0.5) is 13.2 Å². The summed E-state index contributed by atoms with van der Waals surface area (Å²) in [6.45, 7) is 1.34. The molecule has 1 saturated carbocycles. The zero-order valence-corrected chi connectivity index (χ0v) is 10.6. The molecule has 17 heavy (non-hydrogen) atoms. The van der Waals surface area contributed by atoms with Crippen LogP contribution in [-0.4, -0.2) is 35.6 Å². The number of nitrogens with zero attached hydrogens (tertiary/aromatic N) is 1. The molecule has 1 nitrogen and oxygen atoms in total. The van der Waals surface area contributed by atoms with E-state index in [1.807, 2.05) is 0 Å². The highest BCUT2D eigenvalue weighted by Crippen LogP contribution is 2.34. The molecule has 0 aromatic heterocycles. The Morgan fingerprint density at radius 3 is 2.35 bits per heavy atom. The Kier molecular flexibility index (Phi) is 4.24. The average Bonchev–Trinajstić information content (AvgIpc) is 2.65. The topological polar surface area (TPSA) is 3.24 Å². The van der Waals surface area contributed by atoms with Crippen LogP contribution in [0.15, 0.2) is 0 Å². The largest absolute Gasteiger partial charge is 0.389 e. The number of alkyl halides is 4. The van der Waals surface area contributed by atoms with E-state index in [1.165, 1.54) is 12.8 Å². The molecule has 0 N–H and O–H groups in total. The van der Waals surface area contributed by atoms with Crippen LogP contribution < -0.4 is 0 Å². The molecule has 0 amide bonds. The molecule has 0 bridgehead atoms. The van der Waals surface area contributed by atoms with Gasteiger partial charge in [-0.15, -0.1) is 11.6 Å². The van der Waals surface area contributed by atoms with Crippen LogP contribution in [0, 0.1) is 5.92 Å². The molecule has 2 fully saturated rings. The molecular formula is C12H19ClF3N. The van der Waals surface area contributed by atoms with Gasteiger partial charge in [0.1, 0.15) is 0 Å². The van der Waals surface area contributed by atoms with Gasteiger partial charge in [-0.1, -0.05) is 12.8 Å². The number of rotatable bonds is 2. The van der Waals surface area contributed by atoms with E-state index in [9.17, 15) is 13.2 Å². The van der Waals surface area contributed by atoms with Crippen LogP contribution in [0.2, 0.25) is 0 Å². The Balaban J connectivity index is 1.91. The summed E-state index contributed by atoms with van der Waals surface area (Å²) in [4.78, 5) is 2.20. The summed E-state index contributed by atoms with van der Waals surface area (Å²) in [7, 11) is 0. The molecule has 2 aliphatic rings. The molecule has 1 aliphatic heterocycles. The van der Waals surface area contributed by atoms with Crippen molar-refractivity contribution in [3.05, 3.63) is 0 Å². The summed E-state index contributed by atoms with van der Waals surface area (Å²) in [6, 6.07) is 0.479. The molecule has 2 unspecified atom stereocenters. The van der Waals surface area contributed by atoms with E-state index in [1.54, 1.807) is 0 Å². The predicted molar refractivity (Wildman–Crippen MR) is 62.2 cm³/mol. The maximum absolute atomic E-state index is 12.4. The van der Waals surface area contributed by atoms with Gasteiger partial charge < -0.3 is 0 Å². The standard InChI is InChI=1S/C12H19ClF3N/c13-10-5-9(6-12(14,15)16)7-17(8-10)11-3-1-2-4-11/h9-11H,1-8H2. The Morgan fingerprint density at radius 1 is 1.12 bits per heavy atom. The fraction of sp³-hybridized carbons (Fsp3) is 1.00. The average molecular weight is 270 g/mol. The monoisotopic (exact) mass is 269 g/mol. The summed E-state index contributed by atoms with van der Waals surface area (Å²) >= 11 is 6.10. The Hall–Kier alpha value is 0.0400. The third kappa shape index (κ3) is 4.02. The molecular weight excluding hydrogens is 251 g/mol. The van der Waals surface area contributed by atoms with Gasteiger partial charge in [0.15, 0.2) is 0 Å². The maximum atomic E-state index is 12.4. The molecule has 1 heterocycles. The molecule has 1 saturated heterocycles.